The summed E-state index contributed by atoms with van der Waals surface area (Å²) in [5.41, 5.74) is 10.6. The fourth-order valence-corrected chi connectivity index (χ4v) is 2.89. The van der Waals surface area contributed by atoms with Crippen molar-refractivity contribution in [3.05, 3.63) is 46.3 Å². The summed E-state index contributed by atoms with van der Waals surface area (Å²) in [7, 11) is 0. The minimum atomic E-state index is -0.315. The van der Waals surface area contributed by atoms with Crippen LogP contribution in [-0.2, 0) is 29.0 Å². The molecule has 0 unspecified atom stereocenters. The molecule has 3 N–H and O–H groups in total. The number of carbonyl (C=O) groups is 1. The SMILES string of the molecule is NC1=C(N2CCc3ccc(CNCl)cc3C2)C(=O)OC1. The molecule has 0 spiro atoms. The summed E-state index contributed by atoms with van der Waals surface area (Å²) in [6, 6.07) is 6.32. The van der Waals surface area contributed by atoms with Crippen molar-refractivity contribution in [2.45, 2.75) is 19.5 Å². The number of halogens is 1. The minimum absolute atomic E-state index is 0.202. The Balaban J connectivity index is 1.86. The molecule has 1 aromatic rings. The highest BCUT2D eigenvalue weighted by atomic mass is 35.5. The molecule has 3 rings (SSSR count). The van der Waals surface area contributed by atoms with E-state index < -0.39 is 0 Å². The minimum Gasteiger partial charge on any atom is -0.454 e. The van der Waals surface area contributed by atoms with Crippen LogP contribution in [0.4, 0.5) is 0 Å². The average molecular weight is 294 g/mol. The van der Waals surface area contributed by atoms with Crippen LogP contribution in [0.25, 0.3) is 0 Å². The number of benzene rings is 1. The molecule has 0 aromatic heterocycles. The third-order valence-corrected chi connectivity index (χ3v) is 3.86. The number of hydrogen-bond acceptors (Lipinski definition) is 5. The molecule has 1 aromatic carbocycles. The van der Waals surface area contributed by atoms with Crippen molar-refractivity contribution in [1.82, 2.24) is 9.74 Å². The number of carbonyl (C=O) groups excluding carboxylic acids is 1. The first-order valence-corrected chi connectivity index (χ1v) is 6.91. The van der Waals surface area contributed by atoms with Crippen LogP contribution in [0, 0.1) is 0 Å². The highest BCUT2D eigenvalue weighted by molar-refractivity contribution is 6.13. The van der Waals surface area contributed by atoms with Crippen molar-refractivity contribution < 1.29 is 9.53 Å². The molecule has 106 valence electrons. The van der Waals surface area contributed by atoms with Crippen LogP contribution in [0.1, 0.15) is 16.7 Å². The van der Waals surface area contributed by atoms with E-state index in [1.165, 1.54) is 11.1 Å². The van der Waals surface area contributed by atoms with Gasteiger partial charge in [0.05, 0.1) is 5.70 Å². The number of esters is 1. The molecule has 6 heteroatoms. The van der Waals surface area contributed by atoms with Crippen LogP contribution in [0.2, 0.25) is 0 Å². The number of rotatable bonds is 3. The van der Waals surface area contributed by atoms with Gasteiger partial charge in [0.15, 0.2) is 0 Å². The number of ether oxygens (including phenoxy) is 1. The molecule has 0 fully saturated rings. The molecule has 5 nitrogen and oxygen atoms in total. The Morgan fingerprint density at radius 3 is 2.95 bits per heavy atom. The number of nitrogens with one attached hydrogen (secondary N) is 1. The first-order valence-electron chi connectivity index (χ1n) is 6.54. The fraction of sp³-hybridized carbons (Fsp3) is 0.357. The topological polar surface area (TPSA) is 67.6 Å². The van der Waals surface area contributed by atoms with Crippen LogP contribution in [0.3, 0.4) is 0 Å². The lowest BCUT2D eigenvalue weighted by Crippen LogP contribution is -2.33. The van der Waals surface area contributed by atoms with Crippen LogP contribution >= 0.6 is 11.8 Å². The quantitative estimate of drug-likeness (QED) is 0.643. The molecule has 0 saturated heterocycles. The zero-order valence-corrected chi connectivity index (χ0v) is 11.7. The number of nitrogens with two attached hydrogens (primary N) is 1. The van der Waals surface area contributed by atoms with Gasteiger partial charge in [-0.1, -0.05) is 18.2 Å². The lowest BCUT2D eigenvalue weighted by molar-refractivity contribution is -0.137. The Bertz CT molecular complexity index is 586. The van der Waals surface area contributed by atoms with Gasteiger partial charge in [0, 0.05) is 19.6 Å². The second-order valence-electron chi connectivity index (χ2n) is 5.04. The van der Waals surface area contributed by atoms with E-state index in [4.69, 9.17) is 22.2 Å². The molecule has 20 heavy (non-hydrogen) atoms. The monoisotopic (exact) mass is 293 g/mol. The summed E-state index contributed by atoms with van der Waals surface area (Å²) >= 11 is 5.54. The van der Waals surface area contributed by atoms with E-state index >= 15 is 0 Å². The summed E-state index contributed by atoms with van der Waals surface area (Å²) in [6.07, 6.45) is 0.897. The molecule has 0 amide bonds. The lowest BCUT2D eigenvalue weighted by Gasteiger charge is -2.30. The normalized spacial score (nSPS) is 18.2. The zero-order valence-electron chi connectivity index (χ0n) is 11.0. The summed E-state index contributed by atoms with van der Waals surface area (Å²) < 4.78 is 4.97. The number of fused-ring (bicyclic) bond motifs is 1. The van der Waals surface area contributed by atoms with Crippen LogP contribution < -0.4 is 10.6 Å². The first-order chi connectivity index (χ1) is 9.69. The van der Waals surface area contributed by atoms with E-state index in [1.807, 2.05) is 4.90 Å². The maximum atomic E-state index is 11.7. The average Bonchev–Trinajstić information content (AvgIpc) is 2.78. The second-order valence-corrected chi connectivity index (χ2v) is 5.30. The molecule has 0 saturated carbocycles. The first kappa shape index (κ1) is 13.3. The second kappa shape index (κ2) is 5.34. The summed E-state index contributed by atoms with van der Waals surface area (Å²) in [6.45, 7) is 2.28. The Hall–Kier alpha value is -1.72. The Kier molecular flexibility index (Phi) is 3.54. The Labute approximate surface area is 122 Å². The molecule has 0 bridgehead atoms. The highest BCUT2D eigenvalue weighted by Crippen LogP contribution is 2.26. The van der Waals surface area contributed by atoms with Crippen molar-refractivity contribution in [2.24, 2.45) is 5.73 Å². The van der Waals surface area contributed by atoms with Gasteiger partial charge >= 0.3 is 5.97 Å². The lowest BCUT2D eigenvalue weighted by atomic mass is 9.97. The van der Waals surface area contributed by atoms with Crippen molar-refractivity contribution >= 4 is 17.7 Å². The van der Waals surface area contributed by atoms with Crippen molar-refractivity contribution in [3.8, 4) is 0 Å². The van der Waals surface area contributed by atoms with Crippen molar-refractivity contribution in [3.63, 3.8) is 0 Å². The van der Waals surface area contributed by atoms with Gasteiger partial charge in [-0.3, -0.25) is 0 Å². The number of cyclic esters (lactones) is 1. The Morgan fingerprint density at radius 1 is 1.40 bits per heavy atom. The maximum absolute atomic E-state index is 11.7. The summed E-state index contributed by atoms with van der Waals surface area (Å²) in [4.78, 5) is 16.4. The molecule has 0 aliphatic carbocycles. The third kappa shape index (κ3) is 2.34. The highest BCUT2D eigenvalue weighted by Gasteiger charge is 2.30. The Morgan fingerprint density at radius 2 is 2.25 bits per heavy atom. The van der Waals surface area contributed by atoms with Gasteiger partial charge in [0.2, 0.25) is 0 Å². The standard InChI is InChI=1S/C14H16ClN3O2/c15-17-6-9-1-2-10-3-4-18(7-11(10)5-9)13-12(16)8-20-14(13)19/h1-2,5,17H,3-4,6-8,16H2. The van der Waals surface area contributed by atoms with E-state index in [9.17, 15) is 4.79 Å². The van der Waals surface area contributed by atoms with Gasteiger partial charge in [-0.2, -0.15) is 0 Å². The van der Waals surface area contributed by atoms with E-state index in [-0.39, 0.29) is 12.6 Å². The van der Waals surface area contributed by atoms with Crippen molar-refractivity contribution in [2.75, 3.05) is 13.2 Å². The number of nitrogens with zero attached hydrogens (tertiary/aromatic N) is 1. The van der Waals surface area contributed by atoms with Gasteiger partial charge in [-0.15, -0.1) is 0 Å². The molecular formula is C14H16ClN3O2. The molecule has 2 aliphatic rings. The maximum Gasteiger partial charge on any atom is 0.356 e. The molecule has 0 atom stereocenters. The fourth-order valence-electron chi connectivity index (χ4n) is 2.73. The van der Waals surface area contributed by atoms with Gasteiger partial charge < -0.3 is 15.4 Å². The third-order valence-electron chi connectivity index (χ3n) is 3.73. The number of hydrogen-bond donors (Lipinski definition) is 2. The summed E-state index contributed by atoms with van der Waals surface area (Å²) in [5, 5.41) is 0. The van der Waals surface area contributed by atoms with E-state index in [0.717, 1.165) is 18.5 Å². The van der Waals surface area contributed by atoms with Crippen LogP contribution in [0.15, 0.2) is 29.6 Å². The van der Waals surface area contributed by atoms with Gasteiger partial charge in [-0.05, 0) is 34.9 Å². The van der Waals surface area contributed by atoms with E-state index in [0.29, 0.717) is 24.5 Å². The largest absolute Gasteiger partial charge is 0.454 e. The molecular weight excluding hydrogens is 278 g/mol. The van der Waals surface area contributed by atoms with Gasteiger partial charge in [0.25, 0.3) is 0 Å². The van der Waals surface area contributed by atoms with Crippen molar-refractivity contribution in [1.29, 1.82) is 0 Å². The molecule has 2 heterocycles. The predicted octanol–water partition coefficient (Wildman–Crippen LogP) is 1.02. The van der Waals surface area contributed by atoms with Crippen LogP contribution in [-0.4, -0.2) is 24.0 Å². The van der Waals surface area contributed by atoms with Gasteiger partial charge in [0.1, 0.15) is 12.3 Å². The zero-order chi connectivity index (χ0) is 14.1. The van der Waals surface area contributed by atoms with Crippen LogP contribution in [0.5, 0.6) is 0 Å². The van der Waals surface area contributed by atoms with Gasteiger partial charge in [-0.25, -0.2) is 9.63 Å². The molecule has 0 radical (unpaired) electrons. The smallest absolute Gasteiger partial charge is 0.356 e. The summed E-state index contributed by atoms with van der Waals surface area (Å²) in [5.74, 6) is -0.315. The molecule has 2 aliphatic heterocycles. The van der Waals surface area contributed by atoms with E-state index in [1.54, 1.807) is 0 Å². The van der Waals surface area contributed by atoms with E-state index in [2.05, 4.69) is 23.0 Å². The predicted molar refractivity (Wildman–Crippen MR) is 75.4 cm³/mol.